The van der Waals surface area contributed by atoms with Crippen LogP contribution < -0.4 is 5.43 Å². The first-order valence-corrected chi connectivity index (χ1v) is 4.09. The Kier molecular flexibility index (Phi) is 7.35. The molecule has 0 fully saturated rings. The summed E-state index contributed by atoms with van der Waals surface area (Å²) in [7, 11) is 0. The summed E-state index contributed by atoms with van der Waals surface area (Å²) < 4.78 is 12.1. The number of hydrogen-bond donors (Lipinski definition) is 1. The number of carbonyl (C=O) groups excluding carboxylic acids is 1. The second kappa shape index (κ2) is 7.66. The van der Waals surface area contributed by atoms with E-state index >= 15 is 0 Å². The maximum atomic E-state index is 12.1. The molecule has 0 aliphatic rings. The maximum Gasteiger partial charge on any atom is 0.268 e. The van der Waals surface area contributed by atoms with Crippen molar-refractivity contribution in [3.63, 3.8) is 0 Å². The number of nitrogens with zero attached hydrogens (tertiary/aromatic N) is 1. The van der Waals surface area contributed by atoms with E-state index in [0.29, 0.717) is 11.1 Å². The Hall–Kier alpha value is -0.606. The fraction of sp³-hybridized carbons (Fsp3) is 0.200. The van der Waals surface area contributed by atoms with Gasteiger partial charge < -0.3 is 11.3 Å². The molecule has 1 radical (unpaired) electrons. The van der Waals surface area contributed by atoms with Crippen LogP contribution in [-0.2, 0) is 39.4 Å². The molecule has 1 aromatic carbocycles. The average molecular weight is 281 g/mol. The standard InChI is InChI=1S/C10H10FN2O.Y/c1-2-12-13-10(14)9-5-3-8(7-11)4-6-9;/h3-6H,7H2,1H3,(H,13,14);/q-1;/i11-1;. The van der Waals surface area contributed by atoms with E-state index in [1.165, 1.54) is 0 Å². The molecular weight excluding hydrogens is 271 g/mol. The van der Waals surface area contributed by atoms with Crippen molar-refractivity contribution in [2.24, 2.45) is 5.10 Å². The van der Waals surface area contributed by atoms with Gasteiger partial charge in [-0.05, 0) is 17.7 Å². The van der Waals surface area contributed by atoms with Gasteiger partial charge in [-0.1, -0.05) is 12.1 Å². The number of amides is 1. The van der Waals surface area contributed by atoms with Gasteiger partial charge in [-0.3, -0.25) is 10.2 Å². The first-order chi connectivity index (χ1) is 6.77. The molecule has 0 saturated carbocycles. The smallest absolute Gasteiger partial charge is 0.268 e. The molecule has 1 rings (SSSR count). The van der Waals surface area contributed by atoms with Crippen molar-refractivity contribution >= 4 is 12.1 Å². The minimum atomic E-state index is -0.525. The zero-order valence-corrected chi connectivity index (χ0v) is 11.2. The Labute approximate surface area is 113 Å². The molecule has 5 heteroatoms. The van der Waals surface area contributed by atoms with E-state index in [-0.39, 0.29) is 38.6 Å². The number of hydrogen-bond acceptors (Lipinski definition) is 2. The van der Waals surface area contributed by atoms with Crippen molar-refractivity contribution in [2.75, 3.05) is 0 Å². The summed E-state index contributed by atoms with van der Waals surface area (Å²) in [5.74, 6) is -0.329. The van der Waals surface area contributed by atoms with E-state index in [1.807, 2.05) is 0 Å². The number of alkyl halides is 1. The van der Waals surface area contributed by atoms with Crippen LogP contribution in [0.25, 0.3) is 0 Å². The van der Waals surface area contributed by atoms with Gasteiger partial charge >= 0.3 is 0 Å². The average Bonchev–Trinajstić information content (AvgIpc) is 2.26. The predicted molar refractivity (Wildman–Crippen MR) is 51.8 cm³/mol. The molecule has 0 aromatic heterocycles. The maximum absolute atomic E-state index is 12.1. The summed E-state index contributed by atoms with van der Waals surface area (Å²) in [5, 5.41) is 3.47. The second-order valence-corrected chi connectivity index (χ2v) is 2.61. The van der Waals surface area contributed by atoms with Crippen LogP contribution >= 0.6 is 0 Å². The summed E-state index contributed by atoms with van der Waals surface area (Å²) >= 11 is 0. The number of benzene rings is 1. The van der Waals surface area contributed by atoms with Crippen LogP contribution in [0.3, 0.4) is 0 Å². The van der Waals surface area contributed by atoms with Crippen LogP contribution in [0.2, 0.25) is 0 Å². The van der Waals surface area contributed by atoms with Gasteiger partial charge in [0, 0.05) is 38.3 Å². The molecule has 0 heterocycles. The van der Waals surface area contributed by atoms with Crippen LogP contribution in [0.5, 0.6) is 0 Å². The van der Waals surface area contributed by atoms with Gasteiger partial charge in [0.1, 0.15) is 6.67 Å². The monoisotopic (exact) mass is 281 g/mol. The van der Waals surface area contributed by atoms with Crippen molar-refractivity contribution in [3.8, 4) is 0 Å². The first kappa shape index (κ1) is 14.4. The van der Waals surface area contributed by atoms with Crippen molar-refractivity contribution in [1.82, 2.24) is 5.43 Å². The molecule has 1 N–H and O–H groups in total. The van der Waals surface area contributed by atoms with Crippen molar-refractivity contribution in [1.29, 1.82) is 0 Å². The number of hydrazone groups is 1. The Balaban J connectivity index is 0.00000196. The minimum absolute atomic E-state index is 0. The predicted octanol–water partition coefficient (Wildman–Crippen LogP) is 1.77. The van der Waals surface area contributed by atoms with Gasteiger partial charge in [-0.25, -0.2) is 4.39 Å². The molecule has 0 bridgehead atoms. The molecule has 0 spiro atoms. The summed E-state index contributed by atoms with van der Waals surface area (Å²) in [6.07, 6.45) is 2.42. The zero-order chi connectivity index (χ0) is 10.4. The molecule has 0 unspecified atom stereocenters. The van der Waals surface area contributed by atoms with E-state index in [1.54, 1.807) is 31.2 Å². The normalized spacial score (nSPS) is 9.73. The molecular formula is C10H10FN2OY-. The second-order valence-electron chi connectivity index (χ2n) is 2.61. The van der Waals surface area contributed by atoms with Crippen LogP contribution in [0.1, 0.15) is 22.8 Å². The van der Waals surface area contributed by atoms with E-state index in [9.17, 15) is 9.18 Å². The number of carbonyl (C=O) groups is 1. The van der Waals surface area contributed by atoms with Crippen LogP contribution in [0.4, 0.5) is 4.39 Å². The van der Waals surface area contributed by atoms with Crippen LogP contribution in [0, 0.1) is 0 Å². The molecule has 0 aliphatic heterocycles. The topological polar surface area (TPSA) is 41.5 Å². The van der Waals surface area contributed by atoms with Crippen molar-refractivity contribution in [2.45, 2.75) is 13.6 Å². The van der Waals surface area contributed by atoms with Gasteiger partial charge in [-0.15, -0.1) is 0 Å². The van der Waals surface area contributed by atoms with Crippen LogP contribution in [0.15, 0.2) is 29.4 Å². The molecule has 1 amide bonds. The van der Waals surface area contributed by atoms with E-state index in [0.717, 1.165) is 0 Å². The number of nitrogens with one attached hydrogen (secondary N) is 1. The van der Waals surface area contributed by atoms with Crippen molar-refractivity contribution in [3.05, 3.63) is 35.4 Å². The largest absolute Gasteiger partial charge is 0.398 e. The van der Waals surface area contributed by atoms with Gasteiger partial charge in [0.15, 0.2) is 0 Å². The Morgan fingerprint density at radius 1 is 1.47 bits per heavy atom. The molecule has 77 valence electrons. The Morgan fingerprint density at radius 2 is 2.07 bits per heavy atom. The quantitative estimate of drug-likeness (QED) is 0.512. The Bertz CT molecular complexity index is 338. The third kappa shape index (κ3) is 4.62. The van der Waals surface area contributed by atoms with Gasteiger partial charge in [0.2, 0.25) is 0 Å². The van der Waals surface area contributed by atoms with Gasteiger partial charge in [0.05, 0.1) is 0 Å². The molecule has 15 heavy (non-hydrogen) atoms. The summed E-state index contributed by atoms with van der Waals surface area (Å²) in [4.78, 5) is 11.3. The summed E-state index contributed by atoms with van der Waals surface area (Å²) in [6.45, 7) is 1.05. The SMILES string of the molecule is C[C-]=NNC(=O)c1ccc(C[18F])cc1.[Y]. The van der Waals surface area contributed by atoms with E-state index in [4.69, 9.17) is 0 Å². The van der Waals surface area contributed by atoms with Gasteiger partial charge in [0.25, 0.3) is 5.91 Å². The molecule has 3 nitrogen and oxygen atoms in total. The molecule has 0 atom stereocenters. The molecule has 0 aliphatic carbocycles. The fourth-order valence-electron chi connectivity index (χ4n) is 0.916. The first-order valence-electron chi connectivity index (χ1n) is 4.09. The summed E-state index contributed by atoms with van der Waals surface area (Å²) in [6, 6.07) is 6.23. The molecule has 0 saturated heterocycles. The fourth-order valence-corrected chi connectivity index (χ4v) is 0.916. The zero-order valence-electron chi connectivity index (χ0n) is 8.33. The summed E-state index contributed by atoms with van der Waals surface area (Å²) in [5.41, 5.74) is 3.26. The number of rotatable bonds is 3. The number of halogens is 1. The van der Waals surface area contributed by atoms with Crippen LogP contribution in [-0.4, -0.2) is 12.1 Å². The third-order valence-electron chi connectivity index (χ3n) is 1.64. The van der Waals surface area contributed by atoms with Crippen molar-refractivity contribution < 1.29 is 41.9 Å². The minimum Gasteiger partial charge on any atom is -0.398 e. The Morgan fingerprint density at radius 3 is 2.53 bits per heavy atom. The molecule has 1 aromatic rings. The third-order valence-corrected chi connectivity index (χ3v) is 1.64. The van der Waals surface area contributed by atoms with Gasteiger partial charge in [-0.2, -0.15) is 6.92 Å². The van der Waals surface area contributed by atoms with E-state index in [2.05, 4.69) is 16.7 Å². The van der Waals surface area contributed by atoms with E-state index < -0.39 is 6.67 Å².